The predicted octanol–water partition coefficient (Wildman–Crippen LogP) is 2.23. The summed E-state index contributed by atoms with van der Waals surface area (Å²) < 4.78 is 2.48. The van der Waals surface area contributed by atoms with Crippen molar-refractivity contribution in [1.29, 1.82) is 0 Å². The number of fused-ring (bicyclic) bond motifs is 1. The minimum Gasteiger partial charge on any atom is -0.324 e. The van der Waals surface area contributed by atoms with E-state index in [4.69, 9.17) is 4.98 Å². The average molecular weight is 242 g/mol. The molecule has 0 radical (unpaired) electrons. The summed E-state index contributed by atoms with van der Waals surface area (Å²) in [5.74, 6) is 1.83. The van der Waals surface area contributed by atoms with E-state index in [1.165, 1.54) is 30.6 Å². The third kappa shape index (κ3) is 1.48. The van der Waals surface area contributed by atoms with Crippen molar-refractivity contribution in [3.05, 3.63) is 24.3 Å². The molecule has 0 amide bonds. The topological polar surface area (TPSA) is 42.7 Å². The SMILES string of the molecule is CC1NCCC1c1nc2cnccc2n1C1CC1. The zero-order chi connectivity index (χ0) is 12.1. The van der Waals surface area contributed by atoms with Crippen LogP contribution in [0.15, 0.2) is 18.5 Å². The molecule has 94 valence electrons. The number of aromatic nitrogens is 3. The third-order valence-electron chi connectivity index (χ3n) is 4.29. The molecule has 4 nitrogen and oxygen atoms in total. The normalized spacial score (nSPS) is 28.1. The van der Waals surface area contributed by atoms with Crippen LogP contribution in [0.25, 0.3) is 11.0 Å². The third-order valence-corrected chi connectivity index (χ3v) is 4.29. The summed E-state index contributed by atoms with van der Waals surface area (Å²) in [6, 6.07) is 3.32. The predicted molar refractivity (Wildman–Crippen MR) is 70.6 cm³/mol. The van der Waals surface area contributed by atoms with Crippen LogP contribution in [-0.2, 0) is 0 Å². The second kappa shape index (κ2) is 3.79. The van der Waals surface area contributed by atoms with Gasteiger partial charge in [-0.2, -0.15) is 0 Å². The fourth-order valence-corrected chi connectivity index (χ4v) is 3.16. The standard InChI is InChI=1S/C14H18N4/c1-9-11(4-7-16-9)14-17-12-8-15-6-5-13(12)18(14)10-2-3-10/h5-6,8-11,16H,2-4,7H2,1H3. The Hall–Kier alpha value is -1.42. The molecule has 4 rings (SSSR count). The second-order valence-electron chi connectivity index (χ2n) is 5.57. The van der Waals surface area contributed by atoms with Gasteiger partial charge in [-0.25, -0.2) is 4.98 Å². The van der Waals surface area contributed by atoms with Crippen LogP contribution in [0.3, 0.4) is 0 Å². The number of nitrogens with one attached hydrogen (secondary N) is 1. The molecule has 2 fully saturated rings. The molecule has 0 spiro atoms. The van der Waals surface area contributed by atoms with Crippen LogP contribution in [0, 0.1) is 0 Å². The lowest BCUT2D eigenvalue weighted by atomic mass is 10.0. The number of hydrogen-bond acceptors (Lipinski definition) is 3. The van der Waals surface area contributed by atoms with E-state index in [9.17, 15) is 0 Å². The van der Waals surface area contributed by atoms with Gasteiger partial charge in [0.05, 0.1) is 11.7 Å². The summed E-state index contributed by atoms with van der Waals surface area (Å²) in [4.78, 5) is 9.07. The fraction of sp³-hybridized carbons (Fsp3) is 0.571. The Kier molecular flexibility index (Phi) is 2.21. The van der Waals surface area contributed by atoms with E-state index >= 15 is 0 Å². The van der Waals surface area contributed by atoms with E-state index in [-0.39, 0.29) is 0 Å². The quantitative estimate of drug-likeness (QED) is 0.878. The number of hydrogen-bond donors (Lipinski definition) is 1. The van der Waals surface area contributed by atoms with E-state index in [0.29, 0.717) is 18.0 Å². The Labute approximate surface area is 106 Å². The van der Waals surface area contributed by atoms with Crippen molar-refractivity contribution < 1.29 is 0 Å². The van der Waals surface area contributed by atoms with Crippen LogP contribution >= 0.6 is 0 Å². The average Bonchev–Trinajstić information content (AvgIpc) is 3.01. The zero-order valence-electron chi connectivity index (χ0n) is 10.6. The Balaban J connectivity index is 1.90. The molecular formula is C14H18N4. The maximum absolute atomic E-state index is 4.87. The second-order valence-corrected chi connectivity index (χ2v) is 5.57. The molecule has 2 unspecified atom stereocenters. The van der Waals surface area contributed by atoms with Gasteiger partial charge in [0.2, 0.25) is 0 Å². The van der Waals surface area contributed by atoms with Gasteiger partial charge in [-0.05, 0) is 38.8 Å². The first-order chi connectivity index (χ1) is 8.84. The highest BCUT2D eigenvalue weighted by Crippen LogP contribution is 2.41. The molecule has 2 aliphatic rings. The highest BCUT2D eigenvalue weighted by Gasteiger charge is 2.34. The zero-order valence-corrected chi connectivity index (χ0v) is 10.6. The summed E-state index contributed by atoms with van der Waals surface area (Å²) in [7, 11) is 0. The maximum atomic E-state index is 4.87. The van der Waals surface area contributed by atoms with Crippen molar-refractivity contribution in [3.63, 3.8) is 0 Å². The van der Waals surface area contributed by atoms with Gasteiger partial charge in [-0.3, -0.25) is 4.98 Å². The summed E-state index contributed by atoms with van der Waals surface area (Å²) in [5.41, 5.74) is 2.32. The first kappa shape index (κ1) is 10.5. The van der Waals surface area contributed by atoms with Crippen LogP contribution in [0.5, 0.6) is 0 Å². The van der Waals surface area contributed by atoms with Crippen LogP contribution in [0.2, 0.25) is 0 Å². The van der Waals surface area contributed by atoms with Crippen molar-refractivity contribution in [3.8, 4) is 0 Å². The molecule has 0 bridgehead atoms. The van der Waals surface area contributed by atoms with E-state index in [2.05, 4.69) is 27.9 Å². The van der Waals surface area contributed by atoms with E-state index in [1.807, 2.05) is 12.4 Å². The molecule has 2 aromatic rings. The molecule has 1 saturated heterocycles. The summed E-state index contributed by atoms with van der Waals surface area (Å²) in [5, 5.41) is 3.53. The van der Waals surface area contributed by atoms with Crippen molar-refractivity contribution in [1.82, 2.24) is 19.9 Å². The fourth-order valence-electron chi connectivity index (χ4n) is 3.16. The molecule has 4 heteroatoms. The molecular weight excluding hydrogens is 224 g/mol. The van der Waals surface area contributed by atoms with Gasteiger partial charge in [0.25, 0.3) is 0 Å². The monoisotopic (exact) mass is 242 g/mol. The molecule has 3 heterocycles. The Bertz CT molecular complexity index is 584. The molecule has 18 heavy (non-hydrogen) atoms. The molecule has 1 aliphatic heterocycles. The molecule has 1 N–H and O–H groups in total. The van der Waals surface area contributed by atoms with Crippen LogP contribution in [0.4, 0.5) is 0 Å². The van der Waals surface area contributed by atoms with Crippen LogP contribution in [0.1, 0.15) is 44.0 Å². The van der Waals surface area contributed by atoms with Gasteiger partial charge in [-0.15, -0.1) is 0 Å². The van der Waals surface area contributed by atoms with Crippen molar-refractivity contribution in [2.75, 3.05) is 6.54 Å². The summed E-state index contributed by atoms with van der Waals surface area (Å²) >= 11 is 0. The Morgan fingerprint density at radius 3 is 2.94 bits per heavy atom. The number of imidazole rings is 1. The molecule has 2 atom stereocenters. The Morgan fingerprint density at radius 2 is 2.22 bits per heavy atom. The minimum absolute atomic E-state index is 0.535. The van der Waals surface area contributed by atoms with Gasteiger partial charge in [0, 0.05) is 24.2 Å². The van der Waals surface area contributed by atoms with Crippen LogP contribution in [-0.4, -0.2) is 27.1 Å². The van der Waals surface area contributed by atoms with Gasteiger partial charge in [0.1, 0.15) is 11.3 Å². The summed E-state index contributed by atoms with van der Waals surface area (Å²) in [6.07, 6.45) is 7.57. The molecule has 2 aromatic heterocycles. The van der Waals surface area contributed by atoms with E-state index < -0.39 is 0 Å². The lowest BCUT2D eigenvalue weighted by Gasteiger charge is -2.16. The molecule has 1 aliphatic carbocycles. The largest absolute Gasteiger partial charge is 0.324 e. The van der Waals surface area contributed by atoms with Crippen LogP contribution < -0.4 is 5.32 Å². The molecule has 1 saturated carbocycles. The van der Waals surface area contributed by atoms with Crippen molar-refractivity contribution in [2.24, 2.45) is 0 Å². The summed E-state index contributed by atoms with van der Waals surface area (Å²) in [6.45, 7) is 3.38. The van der Waals surface area contributed by atoms with Crippen molar-refractivity contribution in [2.45, 2.75) is 44.2 Å². The molecule has 0 aromatic carbocycles. The minimum atomic E-state index is 0.535. The van der Waals surface area contributed by atoms with Gasteiger partial charge in [-0.1, -0.05) is 0 Å². The first-order valence-electron chi connectivity index (χ1n) is 6.90. The van der Waals surface area contributed by atoms with E-state index in [1.54, 1.807) is 0 Å². The lowest BCUT2D eigenvalue weighted by molar-refractivity contribution is 0.538. The lowest BCUT2D eigenvalue weighted by Crippen LogP contribution is -2.23. The first-order valence-corrected chi connectivity index (χ1v) is 6.90. The maximum Gasteiger partial charge on any atom is 0.114 e. The van der Waals surface area contributed by atoms with E-state index in [0.717, 1.165) is 12.1 Å². The number of pyridine rings is 1. The van der Waals surface area contributed by atoms with Gasteiger partial charge in [0.15, 0.2) is 0 Å². The van der Waals surface area contributed by atoms with Gasteiger partial charge >= 0.3 is 0 Å². The van der Waals surface area contributed by atoms with Crippen molar-refractivity contribution >= 4 is 11.0 Å². The highest BCUT2D eigenvalue weighted by atomic mass is 15.2. The van der Waals surface area contributed by atoms with Gasteiger partial charge < -0.3 is 9.88 Å². The number of nitrogens with zero attached hydrogens (tertiary/aromatic N) is 3. The highest BCUT2D eigenvalue weighted by molar-refractivity contribution is 5.75. The number of rotatable bonds is 2. The smallest absolute Gasteiger partial charge is 0.114 e. The Morgan fingerprint density at radius 1 is 1.33 bits per heavy atom.